The van der Waals surface area contributed by atoms with Crippen molar-refractivity contribution in [2.45, 2.75) is 39.2 Å². The number of aryl methyl sites for hydroxylation is 2. The number of hydrogen-bond acceptors (Lipinski definition) is 5. The van der Waals surface area contributed by atoms with Crippen LogP contribution in [-0.2, 0) is 6.42 Å². The van der Waals surface area contributed by atoms with E-state index in [2.05, 4.69) is 21.0 Å². The van der Waals surface area contributed by atoms with Crippen LogP contribution in [0, 0.1) is 25.1 Å². The summed E-state index contributed by atoms with van der Waals surface area (Å²) in [7, 11) is 0. The van der Waals surface area contributed by atoms with Crippen LogP contribution in [0.15, 0.2) is 48.8 Å². The van der Waals surface area contributed by atoms with Crippen LogP contribution in [0.25, 0.3) is 16.8 Å². The molecule has 6 nitrogen and oxygen atoms in total. The van der Waals surface area contributed by atoms with Crippen LogP contribution in [0.2, 0.25) is 0 Å². The second-order valence-electron chi connectivity index (χ2n) is 9.48. The first kappa shape index (κ1) is 20.3. The average Bonchev–Trinajstić information content (AvgIpc) is 3.40. The van der Waals surface area contributed by atoms with Crippen LogP contribution in [0.1, 0.15) is 41.4 Å². The molecule has 2 aliphatic rings. The molecule has 4 heterocycles. The smallest absolute Gasteiger partial charge is 0.155 e. The van der Waals surface area contributed by atoms with Crippen LogP contribution in [0.3, 0.4) is 0 Å². The van der Waals surface area contributed by atoms with Crippen LogP contribution in [0.5, 0.6) is 0 Å². The molecule has 1 atom stereocenters. The lowest BCUT2D eigenvalue weighted by Crippen LogP contribution is -2.44. The van der Waals surface area contributed by atoms with E-state index in [4.69, 9.17) is 10.7 Å². The summed E-state index contributed by atoms with van der Waals surface area (Å²) in [6, 6.07) is 11.5. The van der Waals surface area contributed by atoms with Gasteiger partial charge >= 0.3 is 0 Å². The highest BCUT2D eigenvalue weighted by Gasteiger charge is 2.46. The van der Waals surface area contributed by atoms with Gasteiger partial charge in [-0.25, -0.2) is 13.9 Å². The van der Waals surface area contributed by atoms with Crippen LogP contribution >= 0.6 is 0 Å². The Morgan fingerprint density at radius 2 is 1.88 bits per heavy atom. The molecule has 0 amide bonds. The van der Waals surface area contributed by atoms with Gasteiger partial charge in [0.2, 0.25) is 0 Å². The quantitative estimate of drug-likeness (QED) is 0.499. The van der Waals surface area contributed by atoms with Gasteiger partial charge in [-0.15, -0.1) is 0 Å². The van der Waals surface area contributed by atoms with Crippen molar-refractivity contribution in [1.29, 1.82) is 0 Å². The molecule has 1 fully saturated rings. The maximum Gasteiger partial charge on any atom is 0.155 e. The third kappa shape index (κ3) is 2.99. The van der Waals surface area contributed by atoms with E-state index in [0.717, 1.165) is 55.1 Å². The predicted octanol–water partition coefficient (Wildman–Crippen LogP) is 4.39. The molecule has 7 heteroatoms. The van der Waals surface area contributed by atoms with Gasteiger partial charge in [-0.3, -0.25) is 4.98 Å². The fourth-order valence-corrected chi connectivity index (χ4v) is 5.75. The van der Waals surface area contributed by atoms with E-state index in [1.165, 1.54) is 5.56 Å². The van der Waals surface area contributed by atoms with Gasteiger partial charge in [0, 0.05) is 36.6 Å². The molecule has 3 aromatic heterocycles. The summed E-state index contributed by atoms with van der Waals surface area (Å²) in [6.45, 7) is 5.45. The number of hydrogen-bond donors (Lipinski definition) is 1. The van der Waals surface area contributed by atoms with Crippen LogP contribution in [-0.4, -0.2) is 32.7 Å². The minimum Gasteiger partial charge on any atom is -0.355 e. The molecule has 33 heavy (non-hydrogen) atoms. The van der Waals surface area contributed by atoms with Crippen molar-refractivity contribution in [1.82, 2.24) is 19.6 Å². The maximum atomic E-state index is 15.0. The molecule has 1 aromatic carbocycles. The molecular formula is C26H27FN6. The lowest BCUT2D eigenvalue weighted by atomic mass is 9.73. The Kier molecular flexibility index (Phi) is 4.52. The van der Waals surface area contributed by atoms with E-state index >= 15 is 0 Å². The van der Waals surface area contributed by atoms with Gasteiger partial charge < -0.3 is 10.6 Å². The topological polar surface area (TPSA) is 72.3 Å². The minimum atomic E-state index is -0.227. The molecule has 1 spiro atoms. The van der Waals surface area contributed by atoms with Gasteiger partial charge in [0.25, 0.3) is 0 Å². The molecule has 4 aromatic rings. The second kappa shape index (κ2) is 7.35. The van der Waals surface area contributed by atoms with E-state index < -0.39 is 0 Å². The Balaban J connectivity index is 1.34. The fraction of sp³-hybridized carbons (Fsp3) is 0.346. The predicted molar refractivity (Wildman–Crippen MR) is 127 cm³/mol. The van der Waals surface area contributed by atoms with Gasteiger partial charge in [0.05, 0.1) is 17.6 Å². The number of piperidine rings is 1. The van der Waals surface area contributed by atoms with Gasteiger partial charge in [-0.05, 0) is 67.9 Å². The van der Waals surface area contributed by atoms with Gasteiger partial charge in [0.15, 0.2) is 5.82 Å². The number of benzene rings is 1. The van der Waals surface area contributed by atoms with Crippen LogP contribution < -0.4 is 10.6 Å². The number of anilines is 1. The summed E-state index contributed by atoms with van der Waals surface area (Å²) in [5.74, 6) is 0.675. The number of fused-ring (bicyclic) bond motifs is 2. The lowest BCUT2D eigenvalue weighted by Gasteiger charge is -2.42. The number of nitrogens with two attached hydrogens (primary N) is 1. The number of aromatic nitrogens is 4. The summed E-state index contributed by atoms with van der Waals surface area (Å²) >= 11 is 0. The zero-order valence-electron chi connectivity index (χ0n) is 18.9. The van der Waals surface area contributed by atoms with Gasteiger partial charge in [0.1, 0.15) is 11.3 Å². The average molecular weight is 443 g/mol. The van der Waals surface area contributed by atoms with Crippen molar-refractivity contribution in [3.8, 4) is 11.3 Å². The number of nitrogens with zero attached hydrogens (tertiary/aromatic N) is 5. The van der Waals surface area contributed by atoms with Crippen molar-refractivity contribution in [3.63, 3.8) is 0 Å². The van der Waals surface area contributed by atoms with Gasteiger partial charge in [-0.1, -0.05) is 18.2 Å². The summed E-state index contributed by atoms with van der Waals surface area (Å²) < 4.78 is 16.8. The Hall–Kier alpha value is -3.32. The van der Waals surface area contributed by atoms with E-state index in [1.807, 2.05) is 35.8 Å². The zero-order valence-corrected chi connectivity index (χ0v) is 18.9. The summed E-state index contributed by atoms with van der Waals surface area (Å²) in [6.07, 6.45) is 6.54. The first-order valence-electron chi connectivity index (χ1n) is 11.5. The molecule has 0 radical (unpaired) electrons. The number of pyridine rings is 1. The Bertz CT molecular complexity index is 1370. The summed E-state index contributed by atoms with van der Waals surface area (Å²) in [5.41, 5.74) is 12.6. The molecule has 1 aliphatic carbocycles. The minimum absolute atomic E-state index is 0.0275. The van der Waals surface area contributed by atoms with Crippen molar-refractivity contribution in [3.05, 3.63) is 77.1 Å². The molecule has 0 bridgehead atoms. The van der Waals surface area contributed by atoms with Gasteiger partial charge in [-0.2, -0.15) is 5.10 Å². The molecule has 6 rings (SSSR count). The first-order valence-corrected chi connectivity index (χ1v) is 11.5. The van der Waals surface area contributed by atoms with Crippen molar-refractivity contribution in [2.24, 2.45) is 11.1 Å². The van der Waals surface area contributed by atoms with Crippen molar-refractivity contribution in [2.75, 3.05) is 18.0 Å². The van der Waals surface area contributed by atoms with E-state index in [-0.39, 0.29) is 17.3 Å². The van der Waals surface area contributed by atoms with E-state index in [0.29, 0.717) is 16.8 Å². The Morgan fingerprint density at radius 3 is 2.67 bits per heavy atom. The summed E-state index contributed by atoms with van der Waals surface area (Å²) in [5, 5.41) is 4.55. The normalized spacial score (nSPS) is 19.4. The SMILES string of the molecule is Cc1cccc(-c2c(C)nc(N3CCC4(CC3)Cc3ncccc3[C@H]4N)c3ccnn23)c1F. The maximum absolute atomic E-state index is 15.0. The highest BCUT2D eigenvalue weighted by molar-refractivity contribution is 5.76. The molecule has 168 valence electrons. The fourth-order valence-electron chi connectivity index (χ4n) is 5.75. The third-order valence-electron chi connectivity index (χ3n) is 7.65. The molecular weight excluding hydrogens is 415 g/mol. The monoisotopic (exact) mass is 442 g/mol. The first-order chi connectivity index (χ1) is 16.0. The second-order valence-corrected chi connectivity index (χ2v) is 9.48. The zero-order chi connectivity index (χ0) is 22.7. The van der Waals surface area contributed by atoms with Crippen LogP contribution in [0.4, 0.5) is 10.2 Å². The molecule has 0 saturated carbocycles. The van der Waals surface area contributed by atoms with Crippen molar-refractivity contribution < 1.29 is 4.39 Å². The van der Waals surface area contributed by atoms with E-state index in [1.54, 1.807) is 25.3 Å². The molecule has 0 unspecified atom stereocenters. The van der Waals surface area contributed by atoms with Crippen molar-refractivity contribution >= 4 is 11.3 Å². The highest BCUT2D eigenvalue weighted by atomic mass is 19.1. The highest BCUT2D eigenvalue weighted by Crippen LogP contribution is 2.50. The summed E-state index contributed by atoms with van der Waals surface area (Å²) in [4.78, 5) is 11.9. The lowest BCUT2D eigenvalue weighted by molar-refractivity contribution is 0.187. The molecule has 1 aliphatic heterocycles. The number of halogens is 1. The Labute approximate surface area is 192 Å². The Morgan fingerprint density at radius 1 is 1.06 bits per heavy atom. The third-order valence-corrected chi connectivity index (χ3v) is 7.65. The largest absolute Gasteiger partial charge is 0.355 e. The van der Waals surface area contributed by atoms with E-state index in [9.17, 15) is 4.39 Å². The molecule has 1 saturated heterocycles. The molecule has 2 N–H and O–H groups in total. The standard InChI is InChI=1S/C26H27FN6/c1-16-5-3-6-19(22(16)27)23-17(2)31-25(21-8-12-30-33(21)23)32-13-9-26(10-14-32)15-20-18(24(26)28)7-4-11-29-20/h3-8,11-12,24H,9-10,13-15,28H2,1-2H3/t24-/m1/s1. The number of rotatable bonds is 2.